The summed E-state index contributed by atoms with van der Waals surface area (Å²) in [7, 11) is 0. The van der Waals surface area contributed by atoms with Gasteiger partial charge in [0.05, 0.1) is 25.0 Å². The van der Waals surface area contributed by atoms with Gasteiger partial charge in [0, 0.05) is 6.54 Å². The molecule has 2 rings (SSSR count). The molecule has 0 heterocycles. The zero-order chi connectivity index (χ0) is 21.1. The Morgan fingerprint density at radius 2 is 1.76 bits per heavy atom. The van der Waals surface area contributed by atoms with Crippen molar-refractivity contribution in [1.29, 1.82) is 0 Å². The van der Waals surface area contributed by atoms with Gasteiger partial charge in [0.1, 0.15) is 5.75 Å². The number of hydrogen-bond acceptors (Lipinski definition) is 6. The fraction of sp³-hybridized carbons (Fsp3) is 0.286. The van der Waals surface area contributed by atoms with Crippen molar-refractivity contribution in [2.24, 2.45) is 5.10 Å². The van der Waals surface area contributed by atoms with E-state index in [4.69, 9.17) is 26.4 Å². The van der Waals surface area contributed by atoms with E-state index in [1.807, 2.05) is 20.8 Å². The Morgan fingerprint density at radius 1 is 1.03 bits per heavy atom. The lowest BCUT2D eigenvalue weighted by molar-refractivity contribution is 0.0728. The van der Waals surface area contributed by atoms with Gasteiger partial charge >= 0.3 is 5.97 Å². The number of hydrazone groups is 1. The first-order valence-corrected chi connectivity index (χ1v) is 9.77. The summed E-state index contributed by atoms with van der Waals surface area (Å²) in [5.74, 6) is 1.00. The number of nitrogens with zero attached hydrogens (tertiary/aromatic N) is 1. The second kappa shape index (κ2) is 11.7. The van der Waals surface area contributed by atoms with Crippen LogP contribution in [0.3, 0.4) is 0 Å². The molecule has 0 aliphatic heterocycles. The first-order valence-electron chi connectivity index (χ1n) is 9.36. The SMILES string of the molecule is CCNC(=S)N/N=C/c1ccc(OC(=O)c2ccc(OCC)cc2)c(OCC)c1. The summed E-state index contributed by atoms with van der Waals surface area (Å²) in [6, 6.07) is 12.0. The summed E-state index contributed by atoms with van der Waals surface area (Å²) in [4.78, 5) is 12.5. The lowest BCUT2D eigenvalue weighted by Crippen LogP contribution is -2.31. The van der Waals surface area contributed by atoms with Gasteiger partial charge in [0.2, 0.25) is 0 Å². The van der Waals surface area contributed by atoms with E-state index < -0.39 is 5.97 Å². The van der Waals surface area contributed by atoms with Crippen LogP contribution in [0.2, 0.25) is 0 Å². The van der Waals surface area contributed by atoms with Crippen LogP contribution in [0.5, 0.6) is 17.2 Å². The molecule has 0 amide bonds. The van der Waals surface area contributed by atoms with Crippen molar-refractivity contribution in [1.82, 2.24) is 10.7 Å². The molecule has 0 aliphatic rings. The summed E-state index contributed by atoms with van der Waals surface area (Å²) in [6.45, 7) is 7.40. The van der Waals surface area contributed by atoms with Crippen molar-refractivity contribution >= 4 is 29.5 Å². The highest BCUT2D eigenvalue weighted by Crippen LogP contribution is 2.29. The molecule has 2 aromatic carbocycles. The van der Waals surface area contributed by atoms with Crippen molar-refractivity contribution in [3.63, 3.8) is 0 Å². The highest BCUT2D eigenvalue weighted by atomic mass is 32.1. The summed E-state index contributed by atoms with van der Waals surface area (Å²) >= 11 is 5.05. The minimum atomic E-state index is -0.479. The van der Waals surface area contributed by atoms with Gasteiger partial charge in [-0.3, -0.25) is 5.43 Å². The van der Waals surface area contributed by atoms with Crippen molar-refractivity contribution in [2.45, 2.75) is 20.8 Å². The molecule has 0 radical (unpaired) electrons. The first kappa shape index (κ1) is 22.2. The third-order valence-corrected chi connectivity index (χ3v) is 3.82. The van der Waals surface area contributed by atoms with Crippen molar-refractivity contribution < 1.29 is 19.0 Å². The summed E-state index contributed by atoms with van der Waals surface area (Å²) in [6.07, 6.45) is 1.60. The Balaban J connectivity index is 2.10. The molecule has 0 spiro atoms. The van der Waals surface area contributed by atoms with Crippen LogP contribution in [0.4, 0.5) is 0 Å². The standard InChI is InChI=1S/C21H25N3O4S/c1-4-22-21(29)24-23-14-15-7-12-18(19(13-15)27-6-3)28-20(25)16-8-10-17(11-9-16)26-5-2/h7-14H,4-6H2,1-3H3,(H2,22,24,29)/b23-14+. The van der Waals surface area contributed by atoms with E-state index in [0.717, 1.165) is 5.56 Å². The zero-order valence-electron chi connectivity index (χ0n) is 16.7. The Bertz CT molecular complexity index is 854. The van der Waals surface area contributed by atoms with Crippen LogP contribution in [-0.4, -0.2) is 37.1 Å². The van der Waals surface area contributed by atoms with Gasteiger partial charge in [-0.1, -0.05) is 0 Å². The summed E-state index contributed by atoms with van der Waals surface area (Å²) in [5.41, 5.74) is 3.90. The molecule has 0 bridgehead atoms. The van der Waals surface area contributed by atoms with Crippen molar-refractivity contribution in [2.75, 3.05) is 19.8 Å². The maximum Gasteiger partial charge on any atom is 0.343 e. The Morgan fingerprint density at radius 3 is 2.41 bits per heavy atom. The molecule has 29 heavy (non-hydrogen) atoms. The number of benzene rings is 2. The van der Waals surface area contributed by atoms with Gasteiger partial charge in [0.25, 0.3) is 0 Å². The third kappa shape index (κ3) is 7.08. The van der Waals surface area contributed by atoms with E-state index >= 15 is 0 Å². The monoisotopic (exact) mass is 415 g/mol. The Hall–Kier alpha value is -3.13. The lowest BCUT2D eigenvalue weighted by Gasteiger charge is -2.12. The molecule has 7 nitrogen and oxygen atoms in total. The number of nitrogens with one attached hydrogen (secondary N) is 2. The molecule has 0 aromatic heterocycles. The number of carbonyl (C=O) groups is 1. The molecule has 2 aromatic rings. The van der Waals surface area contributed by atoms with E-state index in [2.05, 4.69) is 15.8 Å². The molecule has 0 atom stereocenters. The van der Waals surface area contributed by atoms with Gasteiger partial charge in [-0.05, 0) is 81.0 Å². The molecule has 0 saturated heterocycles. The highest BCUT2D eigenvalue weighted by molar-refractivity contribution is 7.80. The Labute approximate surface area is 176 Å². The number of esters is 1. The predicted molar refractivity (Wildman–Crippen MR) is 117 cm³/mol. The highest BCUT2D eigenvalue weighted by Gasteiger charge is 2.13. The maximum absolute atomic E-state index is 12.5. The van der Waals surface area contributed by atoms with E-state index in [1.54, 1.807) is 48.7 Å². The molecule has 154 valence electrons. The summed E-state index contributed by atoms with van der Waals surface area (Å²) < 4.78 is 16.5. The Kier molecular flexibility index (Phi) is 8.91. The molecule has 8 heteroatoms. The van der Waals surface area contributed by atoms with Crippen LogP contribution in [0.25, 0.3) is 0 Å². The number of hydrogen-bond donors (Lipinski definition) is 2. The number of rotatable bonds is 9. The fourth-order valence-corrected chi connectivity index (χ4v) is 2.53. The number of ether oxygens (including phenoxy) is 3. The van der Waals surface area contributed by atoms with Crippen LogP contribution < -0.4 is 25.0 Å². The minimum absolute atomic E-state index is 0.332. The average Bonchev–Trinajstić information content (AvgIpc) is 2.71. The topological polar surface area (TPSA) is 81.2 Å². The van der Waals surface area contributed by atoms with Crippen LogP contribution >= 0.6 is 12.2 Å². The van der Waals surface area contributed by atoms with Gasteiger partial charge in [-0.15, -0.1) is 0 Å². The number of thiocarbonyl (C=S) groups is 1. The average molecular weight is 416 g/mol. The van der Waals surface area contributed by atoms with Crippen LogP contribution in [0, 0.1) is 0 Å². The first-order chi connectivity index (χ1) is 14.1. The number of carbonyl (C=O) groups excluding carboxylic acids is 1. The fourth-order valence-electron chi connectivity index (χ4n) is 2.34. The third-order valence-electron chi connectivity index (χ3n) is 3.59. The molecule has 0 unspecified atom stereocenters. The smallest absolute Gasteiger partial charge is 0.343 e. The van der Waals surface area contributed by atoms with Gasteiger partial charge in [-0.2, -0.15) is 5.10 Å². The van der Waals surface area contributed by atoms with Gasteiger partial charge in [-0.25, -0.2) is 4.79 Å². The zero-order valence-corrected chi connectivity index (χ0v) is 17.5. The van der Waals surface area contributed by atoms with Gasteiger partial charge < -0.3 is 19.5 Å². The van der Waals surface area contributed by atoms with E-state index in [0.29, 0.717) is 47.7 Å². The van der Waals surface area contributed by atoms with Crippen LogP contribution in [-0.2, 0) is 0 Å². The molecule has 0 aliphatic carbocycles. The van der Waals surface area contributed by atoms with Gasteiger partial charge in [0.15, 0.2) is 16.6 Å². The minimum Gasteiger partial charge on any atom is -0.494 e. The van der Waals surface area contributed by atoms with E-state index in [9.17, 15) is 4.79 Å². The van der Waals surface area contributed by atoms with Crippen LogP contribution in [0.15, 0.2) is 47.6 Å². The largest absolute Gasteiger partial charge is 0.494 e. The normalized spacial score (nSPS) is 10.4. The second-order valence-electron chi connectivity index (χ2n) is 5.72. The van der Waals surface area contributed by atoms with Crippen molar-refractivity contribution in [3.05, 3.63) is 53.6 Å². The second-order valence-corrected chi connectivity index (χ2v) is 6.12. The quantitative estimate of drug-likeness (QED) is 0.213. The lowest BCUT2D eigenvalue weighted by atomic mass is 10.2. The van der Waals surface area contributed by atoms with Crippen LogP contribution in [0.1, 0.15) is 36.7 Å². The van der Waals surface area contributed by atoms with Crippen molar-refractivity contribution in [3.8, 4) is 17.2 Å². The molecular weight excluding hydrogens is 390 g/mol. The predicted octanol–water partition coefficient (Wildman–Crippen LogP) is 3.52. The molecular formula is C21H25N3O4S. The molecule has 0 fully saturated rings. The molecule has 0 saturated carbocycles. The van der Waals surface area contributed by atoms with E-state index in [1.165, 1.54) is 0 Å². The van der Waals surface area contributed by atoms with E-state index in [-0.39, 0.29) is 0 Å². The molecule has 2 N–H and O–H groups in total. The summed E-state index contributed by atoms with van der Waals surface area (Å²) in [5, 5.41) is 7.45. The maximum atomic E-state index is 12.5.